The van der Waals surface area contributed by atoms with Crippen molar-refractivity contribution in [3.8, 4) is 0 Å². The molecular formula is C31H23FO3S2. The standard InChI is InChI=1S/C31H23FO3S2/c32-22-36(33,34)35-37(29-19-7-13-23-10-1-4-16-26(23)29,30-20-8-14-24-11-2-5-17-27(24)30)31-21-9-15-25-12-3-6-18-28(25)31/h1-21H,22H2. The van der Waals surface area contributed by atoms with Crippen LogP contribution in [0.3, 0.4) is 0 Å². The maximum atomic E-state index is 14.1. The predicted molar refractivity (Wildman–Crippen MR) is 150 cm³/mol. The largest absolute Gasteiger partial charge is 0.307 e. The molecule has 6 aromatic carbocycles. The fourth-order valence-electron chi connectivity index (χ4n) is 4.98. The number of alkyl halides is 1. The lowest BCUT2D eigenvalue weighted by Crippen LogP contribution is -2.16. The number of hydrogen-bond donors (Lipinski definition) is 0. The third kappa shape index (κ3) is 3.98. The third-order valence-corrected chi connectivity index (χ3v) is 11.4. The van der Waals surface area contributed by atoms with E-state index in [-0.39, 0.29) is 0 Å². The molecule has 0 atom stereocenters. The van der Waals surface area contributed by atoms with Crippen LogP contribution in [0, 0.1) is 0 Å². The van der Waals surface area contributed by atoms with Gasteiger partial charge in [0, 0.05) is 14.7 Å². The van der Waals surface area contributed by atoms with E-state index in [9.17, 15) is 12.8 Å². The topological polar surface area (TPSA) is 43.4 Å². The van der Waals surface area contributed by atoms with Crippen molar-refractivity contribution in [2.75, 3.05) is 6.01 Å². The maximum absolute atomic E-state index is 14.1. The molecule has 0 amide bonds. The van der Waals surface area contributed by atoms with Gasteiger partial charge in [0.1, 0.15) is 0 Å². The molecule has 0 N–H and O–H groups in total. The van der Waals surface area contributed by atoms with Gasteiger partial charge in [-0.3, -0.25) is 0 Å². The molecule has 0 radical (unpaired) electrons. The van der Waals surface area contributed by atoms with E-state index >= 15 is 0 Å². The first-order chi connectivity index (χ1) is 18.0. The summed E-state index contributed by atoms with van der Waals surface area (Å²) >= 11 is 0. The van der Waals surface area contributed by atoms with Crippen molar-refractivity contribution < 1.29 is 16.4 Å². The van der Waals surface area contributed by atoms with E-state index in [2.05, 4.69) is 0 Å². The van der Waals surface area contributed by atoms with E-state index in [1.165, 1.54) is 0 Å². The van der Waals surface area contributed by atoms with Crippen LogP contribution in [0.15, 0.2) is 142 Å². The Balaban J connectivity index is 1.88. The molecule has 0 unspecified atom stereocenters. The fourth-order valence-corrected chi connectivity index (χ4v) is 10.3. The minimum Gasteiger partial charge on any atom is -0.231 e. The van der Waals surface area contributed by atoms with E-state index in [0.717, 1.165) is 32.3 Å². The van der Waals surface area contributed by atoms with Gasteiger partial charge >= 0.3 is 10.1 Å². The predicted octanol–water partition coefficient (Wildman–Crippen LogP) is 8.62. The molecule has 0 fully saturated rings. The highest BCUT2D eigenvalue weighted by Gasteiger charge is 2.40. The molecular weight excluding hydrogens is 503 g/mol. The van der Waals surface area contributed by atoms with E-state index < -0.39 is 26.4 Å². The van der Waals surface area contributed by atoms with Crippen LogP contribution in [0.4, 0.5) is 4.39 Å². The van der Waals surface area contributed by atoms with Crippen LogP contribution in [0.1, 0.15) is 0 Å². The van der Waals surface area contributed by atoms with Gasteiger partial charge in [0.2, 0.25) is 6.01 Å². The minimum atomic E-state index is -4.56. The molecule has 3 nitrogen and oxygen atoms in total. The van der Waals surface area contributed by atoms with Crippen molar-refractivity contribution in [2.24, 2.45) is 0 Å². The first-order valence-electron chi connectivity index (χ1n) is 11.8. The molecule has 6 rings (SSSR count). The summed E-state index contributed by atoms with van der Waals surface area (Å²) in [5.74, 6) is 0. The lowest BCUT2D eigenvalue weighted by Gasteiger charge is -2.41. The number of rotatable bonds is 6. The number of fused-ring (bicyclic) bond motifs is 3. The highest BCUT2D eigenvalue weighted by molar-refractivity contribution is 8.33. The van der Waals surface area contributed by atoms with Crippen LogP contribution >= 0.6 is 10.3 Å². The Kier molecular flexibility index (Phi) is 5.95. The SMILES string of the molecule is O=S(=O)(CF)OS(c1cccc2ccccc12)(c1cccc2ccccc12)c1cccc2ccccc12. The van der Waals surface area contributed by atoms with Crippen molar-refractivity contribution in [3.63, 3.8) is 0 Å². The summed E-state index contributed by atoms with van der Waals surface area (Å²) in [6.45, 7) is 0. The Hall–Kier alpha value is -3.71. The van der Waals surface area contributed by atoms with Crippen LogP contribution in [0.2, 0.25) is 0 Å². The van der Waals surface area contributed by atoms with Gasteiger partial charge in [-0.25, -0.2) is 8.02 Å². The zero-order valence-corrected chi connectivity index (χ0v) is 21.4. The van der Waals surface area contributed by atoms with Crippen molar-refractivity contribution in [1.29, 1.82) is 0 Å². The third-order valence-electron chi connectivity index (χ3n) is 6.52. The lowest BCUT2D eigenvalue weighted by atomic mass is 10.1. The van der Waals surface area contributed by atoms with E-state index in [4.69, 9.17) is 3.63 Å². The number of benzene rings is 6. The summed E-state index contributed by atoms with van der Waals surface area (Å²) in [5.41, 5.74) is 0. The Morgan fingerprint density at radius 2 is 0.811 bits per heavy atom. The monoisotopic (exact) mass is 526 g/mol. The summed E-state index contributed by atoms with van der Waals surface area (Å²) in [5, 5.41) is 5.40. The Labute approximate surface area is 216 Å². The summed E-state index contributed by atoms with van der Waals surface area (Å²) in [6.07, 6.45) is 0. The second kappa shape index (κ2) is 9.30. The molecule has 0 heterocycles. The average Bonchev–Trinajstić information content (AvgIpc) is 2.95. The molecule has 0 aliphatic heterocycles. The molecule has 0 aliphatic carbocycles. The van der Waals surface area contributed by atoms with Crippen LogP contribution in [0.5, 0.6) is 0 Å². The summed E-state index contributed by atoms with van der Waals surface area (Å²) in [7, 11) is -7.57. The van der Waals surface area contributed by atoms with Crippen molar-refractivity contribution in [3.05, 3.63) is 127 Å². The molecule has 0 aliphatic rings. The Bertz CT molecular complexity index is 1680. The second-order valence-corrected chi connectivity index (χ2v) is 13.0. The van der Waals surface area contributed by atoms with Crippen molar-refractivity contribution in [1.82, 2.24) is 0 Å². The van der Waals surface area contributed by atoms with Crippen molar-refractivity contribution >= 4 is 52.7 Å². The molecule has 0 saturated carbocycles. The summed E-state index contributed by atoms with van der Waals surface area (Å²) < 4.78 is 46.7. The summed E-state index contributed by atoms with van der Waals surface area (Å²) in [6, 6.07) is 39.2. The van der Waals surface area contributed by atoms with Crippen LogP contribution in [-0.2, 0) is 13.7 Å². The van der Waals surface area contributed by atoms with Gasteiger partial charge in [-0.15, -0.1) is 0 Å². The van der Waals surface area contributed by atoms with E-state index in [1.54, 1.807) is 0 Å². The first-order valence-corrected chi connectivity index (χ1v) is 14.9. The molecule has 184 valence electrons. The van der Waals surface area contributed by atoms with Gasteiger partial charge in [-0.2, -0.15) is 8.42 Å². The van der Waals surface area contributed by atoms with Gasteiger partial charge in [0.25, 0.3) is 0 Å². The van der Waals surface area contributed by atoms with Gasteiger partial charge in [-0.1, -0.05) is 109 Å². The molecule has 6 aromatic rings. The Morgan fingerprint density at radius 1 is 0.486 bits per heavy atom. The van der Waals surface area contributed by atoms with E-state index in [1.807, 2.05) is 127 Å². The molecule has 6 heteroatoms. The maximum Gasteiger partial charge on any atom is 0.307 e. The van der Waals surface area contributed by atoms with Crippen LogP contribution in [-0.4, -0.2) is 14.4 Å². The number of halogens is 1. The molecule has 0 spiro atoms. The highest BCUT2D eigenvalue weighted by Crippen LogP contribution is 2.73. The molecule has 37 heavy (non-hydrogen) atoms. The minimum absolute atomic E-state index is 0.704. The second-order valence-electron chi connectivity index (χ2n) is 8.72. The smallest absolute Gasteiger partial charge is 0.231 e. The Morgan fingerprint density at radius 3 is 1.16 bits per heavy atom. The normalized spacial score (nSPS) is 12.8. The van der Waals surface area contributed by atoms with Gasteiger partial charge in [-0.05, 0) is 60.8 Å². The molecule has 0 bridgehead atoms. The zero-order valence-electron chi connectivity index (χ0n) is 19.8. The average molecular weight is 527 g/mol. The summed E-state index contributed by atoms with van der Waals surface area (Å²) in [4.78, 5) is 2.11. The zero-order chi connectivity index (χ0) is 25.5. The van der Waals surface area contributed by atoms with Crippen LogP contribution in [0.25, 0.3) is 32.3 Å². The highest BCUT2D eigenvalue weighted by atomic mass is 32.3. The van der Waals surface area contributed by atoms with Crippen LogP contribution < -0.4 is 0 Å². The van der Waals surface area contributed by atoms with Crippen molar-refractivity contribution in [2.45, 2.75) is 14.7 Å². The van der Waals surface area contributed by atoms with Gasteiger partial charge in [0.15, 0.2) is 0 Å². The van der Waals surface area contributed by atoms with Gasteiger partial charge < -0.3 is 0 Å². The molecule has 0 aromatic heterocycles. The fraction of sp³-hybridized carbons (Fsp3) is 0.0323. The van der Waals surface area contributed by atoms with Gasteiger partial charge in [0.05, 0.1) is 0 Å². The molecule has 0 saturated heterocycles. The lowest BCUT2D eigenvalue weighted by molar-refractivity contribution is 0.468. The van der Waals surface area contributed by atoms with E-state index in [0.29, 0.717) is 14.7 Å². The first kappa shape index (κ1) is 23.7. The number of hydrogen-bond acceptors (Lipinski definition) is 3. The quantitative estimate of drug-likeness (QED) is 0.218.